The van der Waals surface area contributed by atoms with E-state index < -0.39 is 5.54 Å². The summed E-state index contributed by atoms with van der Waals surface area (Å²) in [6.07, 6.45) is 11.2. The highest BCUT2D eigenvalue weighted by molar-refractivity contribution is 5.89. The van der Waals surface area contributed by atoms with Gasteiger partial charge in [-0.25, -0.2) is 0 Å². The van der Waals surface area contributed by atoms with Gasteiger partial charge in [0.25, 0.3) is 0 Å². The predicted octanol–water partition coefficient (Wildman–Crippen LogP) is 2.06. The molecule has 3 N–H and O–H groups in total. The van der Waals surface area contributed by atoms with E-state index in [2.05, 4.69) is 12.2 Å². The summed E-state index contributed by atoms with van der Waals surface area (Å²) in [6.45, 7) is 5.68. The molecule has 35 heavy (non-hydrogen) atoms. The Balaban J connectivity index is 1.05. The van der Waals surface area contributed by atoms with Crippen molar-refractivity contribution in [2.24, 2.45) is 28.9 Å². The van der Waals surface area contributed by atoms with E-state index in [4.69, 9.17) is 10.5 Å². The summed E-state index contributed by atoms with van der Waals surface area (Å²) in [5, 5.41) is 3.36. The molecule has 2 heterocycles. The van der Waals surface area contributed by atoms with Gasteiger partial charge in [-0.15, -0.1) is 0 Å². The fourth-order valence-electron chi connectivity index (χ4n) is 6.86. The smallest absolute Gasteiger partial charge is 0.242 e. The molecule has 3 aliphatic carbocycles. The highest BCUT2D eigenvalue weighted by Gasteiger charge is 2.49. The fourth-order valence-corrected chi connectivity index (χ4v) is 6.86. The van der Waals surface area contributed by atoms with Crippen LogP contribution in [-0.4, -0.2) is 78.5 Å². The monoisotopic (exact) mass is 488 g/mol. The SMILES string of the molecule is CCC1(C(=O)NC2CCCC(C3CCC(C(=O)N4CCN(C(=O)C5(N)CC5)CC4)CC3)C2)COC1. The van der Waals surface area contributed by atoms with Gasteiger partial charge in [-0.2, -0.15) is 0 Å². The van der Waals surface area contributed by atoms with Gasteiger partial charge in [0.05, 0.1) is 24.2 Å². The van der Waals surface area contributed by atoms with Gasteiger partial charge in [-0.3, -0.25) is 14.4 Å². The Labute approximate surface area is 209 Å². The standard InChI is InChI=1S/C27H44N4O4/c1-2-26(17-35-18-26)24(33)29-22-5-3-4-21(16-22)19-6-8-20(9-7-19)23(32)30-12-14-31(15-13-30)25(34)27(28)10-11-27/h19-22H,2-18,28H2,1H3,(H,29,33). The molecule has 2 unspecified atom stereocenters. The van der Waals surface area contributed by atoms with Gasteiger partial charge in [0.1, 0.15) is 0 Å². The van der Waals surface area contributed by atoms with E-state index in [1.165, 1.54) is 12.8 Å². The topological polar surface area (TPSA) is 105 Å². The lowest BCUT2D eigenvalue weighted by Gasteiger charge is -2.43. The molecule has 2 atom stereocenters. The Morgan fingerprint density at radius 2 is 1.57 bits per heavy atom. The van der Waals surface area contributed by atoms with Crippen LogP contribution in [0, 0.1) is 23.2 Å². The van der Waals surface area contributed by atoms with Crippen molar-refractivity contribution in [3.8, 4) is 0 Å². The molecule has 196 valence electrons. The maximum absolute atomic E-state index is 13.2. The van der Waals surface area contributed by atoms with Crippen molar-refractivity contribution >= 4 is 17.7 Å². The van der Waals surface area contributed by atoms with Crippen molar-refractivity contribution in [1.29, 1.82) is 0 Å². The van der Waals surface area contributed by atoms with Crippen LogP contribution in [-0.2, 0) is 19.1 Å². The zero-order valence-corrected chi connectivity index (χ0v) is 21.4. The van der Waals surface area contributed by atoms with E-state index in [9.17, 15) is 14.4 Å². The number of carbonyl (C=O) groups is 3. The first-order chi connectivity index (χ1) is 16.8. The van der Waals surface area contributed by atoms with Crippen LogP contribution in [0.4, 0.5) is 0 Å². The highest BCUT2D eigenvalue weighted by Crippen LogP contribution is 2.41. The van der Waals surface area contributed by atoms with Gasteiger partial charge in [0.2, 0.25) is 17.7 Å². The van der Waals surface area contributed by atoms with Crippen molar-refractivity contribution < 1.29 is 19.1 Å². The molecule has 3 amide bonds. The molecule has 2 saturated heterocycles. The maximum Gasteiger partial charge on any atom is 0.242 e. The van der Waals surface area contributed by atoms with Crippen LogP contribution in [0.25, 0.3) is 0 Å². The number of carbonyl (C=O) groups excluding carboxylic acids is 3. The third-order valence-corrected chi connectivity index (χ3v) is 9.85. The third kappa shape index (κ3) is 5.10. The van der Waals surface area contributed by atoms with Crippen LogP contribution in [0.15, 0.2) is 0 Å². The average Bonchev–Trinajstić information content (AvgIpc) is 3.61. The molecule has 5 fully saturated rings. The van der Waals surface area contributed by atoms with Crippen LogP contribution >= 0.6 is 0 Å². The first-order valence-electron chi connectivity index (χ1n) is 14.1. The van der Waals surface area contributed by atoms with E-state index in [0.29, 0.717) is 51.2 Å². The molecule has 2 aliphatic heterocycles. The Kier molecular flexibility index (Phi) is 7.14. The zero-order valence-electron chi connectivity index (χ0n) is 21.4. The number of nitrogens with two attached hydrogens (primary N) is 1. The molecule has 8 nitrogen and oxygen atoms in total. The Hall–Kier alpha value is -1.67. The fraction of sp³-hybridized carbons (Fsp3) is 0.889. The summed E-state index contributed by atoms with van der Waals surface area (Å²) in [6, 6.07) is 0.284. The minimum atomic E-state index is -0.617. The number of amides is 3. The molecule has 0 aromatic heterocycles. The van der Waals surface area contributed by atoms with Crippen molar-refractivity contribution in [3.63, 3.8) is 0 Å². The molecular formula is C27H44N4O4. The summed E-state index contributed by atoms with van der Waals surface area (Å²) < 4.78 is 5.35. The summed E-state index contributed by atoms with van der Waals surface area (Å²) in [5.41, 5.74) is 5.16. The first-order valence-corrected chi connectivity index (χ1v) is 14.1. The lowest BCUT2D eigenvalue weighted by molar-refractivity contribution is -0.163. The van der Waals surface area contributed by atoms with Gasteiger partial charge in [-0.05, 0) is 69.6 Å². The number of ether oxygens (including phenoxy) is 1. The van der Waals surface area contributed by atoms with Crippen molar-refractivity contribution in [3.05, 3.63) is 0 Å². The molecule has 0 bridgehead atoms. The molecule has 8 heteroatoms. The van der Waals surface area contributed by atoms with Crippen LogP contribution in [0.1, 0.15) is 77.6 Å². The first kappa shape index (κ1) is 25.0. The molecule has 0 aromatic rings. The number of hydrogen-bond donors (Lipinski definition) is 2. The average molecular weight is 489 g/mol. The summed E-state index contributed by atoms with van der Waals surface area (Å²) in [4.78, 5) is 42.3. The third-order valence-electron chi connectivity index (χ3n) is 9.85. The van der Waals surface area contributed by atoms with Crippen LogP contribution < -0.4 is 11.1 Å². The van der Waals surface area contributed by atoms with Crippen LogP contribution in [0.2, 0.25) is 0 Å². The van der Waals surface area contributed by atoms with Gasteiger partial charge < -0.3 is 25.6 Å². The van der Waals surface area contributed by atoms with E-state index in [-0.39, 0.29) is 35.1 Å². The van der Waals surface area contributed by atoms with Crippen LogP contribution in [0.5, 0.6) is 0 Å². The van der Waals surface area contributed by atoms with Crippen molar-refractivity contribution in [2.45, 2.75) is 89.1 Å². The summed E-state index contributed by atoms with van der Waals surface area (Å²) in [7, 11) is 0. The van der Waals surface area contributed by atoms with Gasteiger partial charge >= 0.3 is 0 Å². The van der Waals surface area contributed by atoms with E-state index in [1.54, 1.807) is 0 Å². The highest BCUT2D eigenvalue weighted by atomic mass is 16.5. The minimum Gasteiger partial charge on any atom is -0.379 e. The zero-order chi connectivity index (χ0) is 24.6. The largest absolute Gasteiger partial charge is 0.379 e. The molecular weight excluding hydrogens is 444 g/mol. The van der Waals surface area contributed by atoms with Gasteiger partial charge in [0, 0.05) is 38.1 Å². The second-order valence-electron chi connectivity index (χ2n) is 12.1. The second-order valence-corrected chi connectivity index (χ2v) is 12.1. The Morgan fingerprint density at radius 1 is 0.914 bits per heavy atom. The lowest BCUT2D eigenvalue weighted by atomic mass is 9.69. The number of nitrogens with zero attached hydrogens (tertiary/aromatic N) is 2. The lowest BCUT2D eigenvalue weighted by Crippen LogP contribution is -2.56. The number of piperazine rings is 1. The minimum absolute atomic E-state index is 0.0676. The Bertz CT molecular complexity index is 802. The molecule has 3 saturated carbocycles. The summed E-state index contributed by atoms with van der Waals surface area (Å²) >= 11 is 0. The van der Waals surface area contributed by atoms with E-state index >= 15 is 0 Å². The quantitative estimate of drug-likeness (QED) is 0.595. The molecule has 0 aromatic carbocycles. The second kappa shape index (κ2) is 10.0. The van der Waals surface area contributed by atoms with Crippen molar-refractivity contribution in [1.82, 2.24) is 15.1 Å². The Morgan fingerprint density at radius 3 is 2.14 bits per heavy atom. The number of rotatable bonds is 6. The van der Waals surface area contributed by atoms with Gasteiger partial charge in [0.15, 0.2) is 0 Å². The van der Waals surface area contributed by atoms with E-state index in [0.717, 1.165) is 57.8 Å². The maximum atomic E-state index is 13.2. The molecule has 5 rings (SSSR count). The molecule has 5 aliphatic rings. The number of nitrogens with one attached hydrogen (secondary N) is 1. The predicted molar refractivity (Wildman–Crippen MR) is 132 cm³/mol. The number of hydrogen-bond acceptors (Lipinski definition) is 5. The normalized spacial score (nSPS) is 34.0. The van der Waals surface area contributed by atoms with E-state index in [1.807, 2.05) is 9.80 Å². The molecule has 0 radical (unpaired) electrons. The molecule has 0 spiro atoms. The summed E-state index contributed by atoms with van der Waals surface area (Å²) in [5.74, 6) is 1.98. The van der Waals surface area contributed by atoms with Crippen molar-refractivity contribution in [2.75, 3.05) is 39.4 Å². The van der Waals surface area contributed by atoms with Crippen LogP contribution in [0.3, 0.4) is 0 Å². The van der Waals surface area contributed by atoms with Gasteiger partial charge in [-0.1, -0.05) is 19.8 Å².